The third-order valence-corrected chi connectivity index (χ3v) is 4.19. The SMILES string of the molecule is CNCc1cc(OCc2cc(F)ccc2F)n(CC2CCC2)n1. The second-order valence-corrected chi connectivity index (χ2v) is 6.01. The molecule has 1 aliphatic carbocycles. The van der Waals surface area contributed by atoms with Gasteiger partial charge in [0.05, 0.1) is 5.69 Å². The first kappa shape index (κ1) is 15.9. The highest BCUT2D eigenvalue weighted by molar-refractivity contribution is 5.20. The standard InChI is InChI=1S/C17H21F2N3O/c1-20-9-15-8-17(22(21-15)10-12-3-2-4-12)23-11-13-7-14(18)5-6-16(13)19/h5-8,12,20H,2-4,9-11H2,1H3. The van der Waals surface area contributed by atoms with Gasteiger partial charge in [-0.25, -0.2) is 13.5 Å². The molecule has 1 heterocycles. The molecule has 2 aromatic rings. The molecule has 0 saturated heterocycles. The summed E-state index contributed by atoms with van der Waals surface area (Å²) in [7, 11) is 1.85. The molecular weight excluding hydrogens is 300 g/mol. The van der Waals surface area contributed by atoms with Gasteiger partial charge in [-0.15, -0.1) is 0 Å². The van der Waals surface area contributed by atoms with E-state index in [0.717, 1.165) is 30.4 Å². The summed E-state index contributed by atoms with van der Waals surface area (Å²) < 4.78 is 34.5. The van der Waals surface area contributed by atoms with Gasteiger partial charge in [-0.3, -0.25) is 0 Å². The minimum absolute atomic E-state index is 0.0149. The summed E-state index contributed by atoms with van der Waals surface area (Å²) in [6.07, 6.45) is 3.68. The molecule has 0 aliphatic heterocycles. The summed E-state index contributed by atoms with van der Waals surface area (Å²) >= 11 is 0. The van der Waals surface area contributed by atoms with Crippen LogP contribution >= 0.6 is 0 Å². The zero-order valence-corrected chi connectivity index (χ0v) is 13.2. The molecule has 1 N–H and O–H groups in total. The maximum atomic E-state index is 13.7. The van der Waals surface area contributed by atoms with Crippen molar-refractivity contribution in [3.63, 3.8) is 0 Å². The molecule has 0 bridgehead atoms. The minimum atomic E-state index is -0.469. The molecule has 0 amide bonds. The van der Waals surface area contributed by atoms with Crippen LogP contribution in [0.5, 0.6) is 5.88 Å². The topological polar surface area (TPSA) is 39.1 Å². The van der Waals surface area contributed by atoms with Crippen molar-refractivity contribution in [2.45, 2.75) is 39.0 Å². The second kappa shape index (κ2) is 7.08. The molecule has 1 aromatic heterocycles. The molecule has 6 heteroatoms. The molecule has 1 aliphatic rings. The lowest BCUT2D eigenvalue weighted by atomic mass is 9.85. The zero-order valence-electron chi connectivity index (χ0n) is 13.2. The number of hydrogen-bond acceptors (Lipinski definition) is 3. The molecule has 1 aromatic carbocycles. The van der Waals surface area contributed by atoms with E-state index in [2.05, 4.69) is 10.4 Å². The van der Waals surface area contributed by atoms with Gasteiger partial charge in [-0.1, -0.05) is 6.42 Å². The second-order valence-electron chi connectivity index (χ2n) is 6.01. The van der Waals surface area contributed by atoms with Crippen LogP contribution in [0.4, 0.5) is 8.78 Å². The summed E-state index contributed by atoms with van der Waals surface area (Å²) in [5.74, 6) is 0.298. The maximum Gasteiger partial charge on any atom is 0.212 e. The summed E-state index contributed by atoms with van der Waals surface area (Å²) in [6, 6.07) is 5.24. The van der Waals surface area contributed by atoms with E-state index in [1.54, 1.807) is 0 Å². The minimum Gasteiger partial charge on any atom is -0.473 e. The van der Waals surface area contributed by atoms with Gasteiger partial charge in [0.25, 0.3) is 0 Å². The molecule has 0 radical (unpaired) electrons. The van der Waals surface area contributed by atoms with Crippen LogP contribution in [0, 0.1) is 17.6 Å². The molecule has 1 saturated carbocycles. The molecule has 4 nitrogen and oxygen atoms in total. The van der Waals surface area contributed by atoms with Gasteiger partial charge in [-0.05, 0) is 44.0 Å². The van der Waals surface area contributed by atoms with Crippen LogP contribution in [0.25, 0.3) is 0 Å². The summed E-state index contributed by atoms with van der Waals surface area (Å²) in [5, 5.41) is 7.59. The van der Waals surface area contributed by atoms with E-state index in [1.807, 2.05) is 17.8 Å². The van der Waals surface area contributed by atoms with Gasteiger partial charge >= 0.3 is 0 Å². The summed E-state index contributed by atoms with van der Waals surface area (Å²) in [6.45, 7) is 1.44. The van der Waals surface area contributed by atoms with E-state index < -0.39 is 11.6 Å². The van der Waals surface area contributed by atoms with Crippen molar-refractivity contribution in [1.29, 1.82) is 0 Å². The van der Waals surface area contributed by atoms with E-state index in [0.29, 0.717) is 18.3 Å². The van der Waals surface area contributed by atoms with E-state index in [4.69, 9.17) is 4.74 Å². The third kappa shape index (κ3) is 3.88. The predicted octanol–water partition coefficient (Wildman–Crippen LogP) is 3.26. The average molecular weight is 321 g/mol. The zero-order chi connectivity index (χ0) is 16.2. The average Bonchev–Trinajstić information content (AvgIpc) is 2.86. The van der Waals surface area contributed by atoms with E-state index in [-0.39, 0.29) is 12.2 Å². The summed E-state index contributed by atoms with van der Waals surface area (Å²) in [4.78, 5) is 0. The normalized spacial score (nSPS) is 14.7. The lowest BCUT2D eigenvalue weighted by Crippen LogP contribution is -2.20. The maximum absolute atomic E-state index is 13.7. The van der Waals surface area contributed by atoms with Crippen LogP contribution < -0.4 is 10.1 Å². The Hall–Kier alpha value is -1.95. The predicted molar refractivity (Wildman–Crippen MR) is 83.0 cm³/mol. The highest BCUT2D eigenvalue weighted by atomic mass is 19.1. The van der Waals surface area contributed by atoms with E-state index in [1.165, 1.54) is 19.3 Å². The highest BCUT2D eigenvalue weighted by Crippen LogP contribution is 2.29. The van der Waals surface area contributed by atoms with Gasteiger partial charge in [0, 0.05) is 24.7 Å². The first-order valence-corrected chi connectivity index (χ1v) is 7.93. The largest absolute Gasteiger partial charge is 0.473 e. The van der Waals surface area contributed by atoms with Crippen molar-refractivity contribution in [2.24, 2.45) is 5.92 Å². The number of rotatable bonds is 7. The van der Waals surface area contributed by atoms with Crippen LogP contribution in [0.15, 0.2) is 24.3 Å². The van der Waals surface area contributed by atoms with Crippen LogP contribution in [0.1, 0.15) is 30.5 Å². The van der Waals surface area contributed by atoms with Gasteiger partial charge in [0.2, 0.25) is 5.88 Å². The van der Waals surface area contributed by atoms with E-state index >= 15 is 0 Å². The molecule has 3 rings (SSSR count). The Morgan fingerprint density at radius 1 is 1.30 bits per heavy atom. The number of nitrogens with one attached hydrogen (secondary N) is 1. The Morgan fingerprint density at radius 3 is 2.83 bits per heavy atom. The molecule has 0 atom stereocenters. The van der Waals surface area contributed by atoms with Crippen molar-refractivity contribution >= 4 is 0 Å². The fourth-order valence-electron chi connectivity index (χ4n) is 2.69. The van der Waals surface area contributed by atoms with Crippen LogP contribution in [-0.4, -0.2) is 16.8 Å². The lowest BCUT2D eigenvalue weighted by Gasteiger charge is -2.25. The van der Waals surface area contributed by atoms with Crippen LogP contribution in [0.2, 0.25) is 0 Å². The van der Waals surface area contributed by atoms with Crippen molar-refractivity contribution in [3.8, 4) is 5.88 Å². The smallest absolute Gasteiger partial charge is 0.212 e. The van der Waals surface area contributed by atoms with Gasteiger partial charge in [-0.2, -0.15) is 5.10 Å². The monoisotopic (exact) mass is 321 g/mol. The molecule has 0 spiro atoms. The Kier molecular flexibility index (Phi) is 4.91. The first-order valence-electron chi connectivity index (χ1n) is 7.93. The first-order chi connectivity index (χ1) is 11.2. The molecule has 1 fully saturated rings. The Labute approximate surface area is 134 Å². The highest BCUT2D eigenvalue weighted by Gasteiger charge is 2.20. The third-order valence-electron chi connectivity index (χ3n) is 4.19. The molecule has 124 valence electrons. The van der Waals surface area contributed by atoms with Crippen molar-refractivity contribution in [1.82, 2.24) is 15.1 Å². The van der Waals surface area contributed by atoms with Gasteiger partial charge in [0.15, 0.2) is 0 Å². The van der Waals surface area contributed by atoms with Gasteiger partial charge in [0.1, 0.15) is 18.2 Å². The number of nitrogens with zero attached hydrogens (tertiary/aromatic N) is 2. The Balaban J connectivity index is 1.73. The number of hydrogen-bond donors (Lipinski definition) is 1. The molecular formula is C17H21F2N3O. The van der Waals surface area contributed by atoms with E-state index in [9.17, 15) is 8.78 Å². The molecule has 23 heavy (non-hydrogen) atoms. The van der Waals surface area contributed by atoms with Crippen molar-refractivity contribution in [2.75, 3.05) is 7.05 Å². The number of ether oxygens (including phenoxy) is 1. The Morgan fingerprint density at radius 2 is 2.13 bits per heavy atom. The van der Waals surface area contributed by atoms with Crippen LogP contribution in [0.3, 0.4) is 0 Å². The summed E-state index contributed by atoms with van der Waals surface area (Å²) in [5.41, 5.74) is 1.08. The number of aromatic nitrogens is 2. The number of benzene rings is 1. The fraction of sp³-hybridized carbons (Fsp3) is 0.471. The number of halogens is 2. The quantitative estimate of drug-likeness (QED) is 0.851. The lowest BCUT2D eigenvalue weighted by molar-refractivity contribution is 0.224. The van der Waals surface area contributed by atoms with Crippen LogP contribution in [-0.2, 0) is 19.7 Å². The molecule has 0 unspecified atom stereocenters. The van der Waals surface area contributed by atoms with Gasteiger partial charge < -0.3 is 10.1 Å². The van der Waals surface area contributed by atoms with Crippen molar-refractivity contribution < 1.29 is 13.5 Å². The Bertz CT molecular complexity index is 668. The van der Waals surface area contributed by atoms with Crippen molar-refractivity contribution in [3.05, 3.63) is 47.2 Å². The fourth-order valence-corrected chi connectivity index (χ4v) is 2.69.